The highest BCUT2D eigenvalue weighted by atomic mass is 127. The van der Waals surface area contributed by atoms with E-state index in [4.69, 9.17) is 16.3 Å². The summed E-state index contributed by atoms with van der Waals surface area (Å²) in [5, 5.41) is 4.15. The molecule has 0 fully saturated rings. The topological polar surface area (TPSA) is 21.3 Å². The van der Waals surface area contributed by atoms with Gasteiger partial charge in [0.1, 0.15) is 5.75 Å². The number of benzene rings is 2. The van der Waals surface area contributed by atoms with Gasteiger partial charge in [-0.05, 0) is 70.6 Å². The largest absolute Gasteiger partial charge is 0.495 e. The fourth-order valence-electron chi connectivity index (χ4n) is 2.21. The number of hydrogen-bond donors (Lipinski definition) is 1. The summed E-state index contributed by atoms with van der Waals surface area (Å²) in [5.41, 5.74) is 2.35. The third-order valence-electron chi connectivity index (χ3n) is 3.19. The predicted octanol–water partition coefficient (Wildman–Crippen LogP) is 5.41. The van der Waals surface area contributed by atoms with Crippen molar-refractivity contribution in [2.45, 2.75) is 13.0 Å². The van der Waals surface area contributed by atoms with E-state index in [1.807, 2.05) is 12.1 Å². The Morgan fingerprint density at radius 3 is 2.67 bits per heavy atom. The molecule has 0 aliphatic carbocycles. The summed E-state index contributed by atoms with van der Waals surface area (Å²) in [5.74, 6) is 0.694. The van der Waals surface area contributed by atoms with Crippen LogP contribution in [0.5, 0.6) is 5.75 Å². The van der Waals surface area contributed by atoms with E-state index in [1.165, 1.54) is 9.13 Å². The van der Waals surface area contributed by atoms with E-state index in [2.05, 4.69) is 75.0 Å². The van der Waals surface area contributed by atoms with Crippen LogP contribution in [0.25, 0.3) is 0 Å². The van der Waals surface area contributed by atoms with Crippen molar-refractivity contribution >= 4 is 50.1 Å². The number of ether oxygens (including phenoxy) is 1. The van der Waals surface area contributed by atoms with E-state index < -0.39 is 0 Å². The molecule has 0 saturated carbocycles. The van der Waals surface area contributed by atoms with Gasteiger partial charge in [-0.15, -0.1) is 0 Å². The molecule has 2 aromatic carbocycles. The van der Waals surface area contributed by atoms with Gasteiger partial charge in [-0.1, -0.05) is 40.5 Å². The van der Waals surface area contributed by atoms with Crippen molar-refractivity contribution in [1.29, 1.82) is 0 Å². The van der Waals surface area contributed by atoms with Crippen LogP contribution in [0.15, 0.2) is 40.9 Å². The third kappa shape index (κ3) is 4.12. The summed E-state index contributed by atoms with van der Waals surface area (Å²) in [4.78, 5) is 0. The first-order chi connectivity index (χ1) is 10.1. The third-order valence-corrected chi connectivity index (χ3v) is 4.96. The molecule has 0 amide bonds. The van der Waals surface area contributed by atoms with E-state index in [0.29, 0.717) is 10.8 Å². The summed E-state index contributed by atoms with van der Waals surface area (Å²) in [6.45, 7) is 2.97. The van der Waals surface area contributed by atoms with Gasteiger partial charge in [-0.3, -0.25) is 0 Å². The molecule has 1 unspecified atom stereocenters. The monoisotopic (exact) mass is 479 g/mol. The van der Waals surface area contributed by atoms with Crippen molar-refractivity contribution in [3.05, 3.63) is 60.6 Å². The van der Waals surface area contributed by atoms with Crippen molar-refractivity contribution in [3.8, 4) is 5.75 Å². The standard InChI is InChI=1S/C16H16BrClINO/c1-3-20-16(12-9-11(17)5-6-14(12)19)10-4-7-15(21-2)13(18)8-10/h4-9,16,20H,3H2,1-2H3. The fraction of sp³-hybridized carbons (Fsp3) is 0.250. The Kier molecular flexibility index (Phi) is 6.34. The van der Waals surface area contributed by atoms with Gasteiger partial charge in [-0.25, -0.2) is 0 Å². The Morgan fingerprint density at radius 1 is 1.29 bits per heavy atom. The van der Waals surface area contributed by atoms with Crippen LogP contribution in [0, 0.1) is 3.57 Å². The lowest BCUT2D eigenvalue weighted by Gasteiger charge is -2.21. The highest BCUT2D eigenvalue weighted by molar-refractivity contribution is 14.1. The second kappa shape index (κ2) is 7.81. The van der Waals surface area contributed by atoms with Gasteiger partial charge in [0.15, 0.2) is 0 Å². The molecule has 1 atom stereocenters. The number of hydrogen-bond acceptors (Lipinski definition) is 2. The smallest absolute Gasteiger partial charge is 0.137 e. The molecule has 2 aromatic rings. The summed E-state index contributed by atoms with van der Waals surface area (Å²) in [6.07, 6.45) is 0. The quantitative estimate of drug-likeness (QED) is 0.578. The Hall–Kier alpha value is -0.300. The Bertz CT molecular complexity index is 636. The Balaban J connectivity index is 2.48. The molecule has 21 heavy (non-hydrogen) atoms. The molecule has 1 N–H and O–H groups in total. The number of nitrogens with one attached hydrogen (secondary N) is 1. The first kappa shape index (κ1) is 17.1. The molecule has 0 radical (unpaired) electrons. The maximum atomic E-state index is 6.27. The van der Waals surface area contributed by atoms with Crippen molar-refractivity contribution < 1.29 is 4.74 Å². The highest BCUT2D eigenvalue weighted by Gasteiger charge is 2.17. The lowest BCUT2D eigenvalue weighted by Crippen LogP contribution is -2.22. The minimum Gasteiger partial charge on any atom is -0.495 e. The van der Waals surface area contributed by atoms with Gasteiger partial charge < -0.3 is 10.1 Å². The lowest BCUT2D eigenvalue weighted by atomic mass is 9.98. The van der Waals surface area contributed by atoms with Crippen LogP contribution < -0.4 is 10.1 Å². The molecule has 0 aromatic heterocycles. The van der Waals surface area contributed by atoms with Crippen LogP contribution in [0.4, 0.5) is 0 Å². The SMILES string of the molecule is CCNC(c1ccc(OC)c(Cl)c1)c1cc(Br)ccc1I. The van der Waals surface area contributed by atoms with Crippen LogP contribution in [0.2, 0.25) is 5.02 Å². The fourth-order valence-corrected chi connectivity index (χ4v) is 3.50. The zero-order valence-corrected chi connectivity index (χ0v) is 16.3. The zero-order valence-electron chi connectivity index (χ0n) is 11.8. The van der Waals surface area contributed by atoms with E-state index >= 15 is 0 Å². The van der Waals surface area contributed by atoms with Gasteiger partial charge in [0.05, 0.1) is 18.2 Å². The van der Waals surface area contributed by atoms with Gasteiger partial charge in [0.25, 0.3) is 0 Å². The van der Waals surface area contributed by atoms with Crippen molar-refractivity contribution in [2.24, 2.45) is 0 Å². The minimum absolute atomic E-state index is 0.0998. The maximum absolute atomic E-state index is 6.27. The van der Waals surface area contributed by atoms with Crippen molar-refractivity contribution in [3.63, 3.8) is 0 Å². The zero-order chi connectivity index (χ0) is 15.4. The lowest BCUT2D eigenvalue weighted by molar-refractivity contribution is 0.414. The van der Waals surface area contributed by atoms with Crippen LogP contribution in [0.3, 0.4) is 0 Å². The van der Waals surface area contributed by atoms with Gasteiger partial charge in [0.2, 0.25) is 0 Å². The minimum atomic E-state index is 0.0998. The maximum Gasteiger partial charge on any atom is 0.137 e. The molecule has 0 aliphatic rings. The van der Waals surface area contributed by atoms with Crippen LogP contribution in [-0.4, -0.2) is 13.7 Å². The second-order valence-corrected chi connectivity index (χ2v) is 7.04. The van der Waals surface area contributed by atoms with E-state index in [9.17, 15) is 0 Å². The van der Waals surface area contributed by atoms with E-state index in [-0.39, 0.29) is 6.04 Å². The Labute approximate surface area is 152 Å². The van der Waals surface area contributed by atoms with E-state index in [0.717, 1.165) is 16.6 Å². The summed E-state index contributed by atoms with van der Waals surface area (Å²) in [7, 11) is 1.62. The summed E-state index contributed by atoms with van der Waals surface area (Å²) >= 11 is 12.2. The van der Waals surface area contributed by atoms with Gasteiger partial charge >= 0.3 is 0 Å². The molecule has 0 aliphatic heterocycles. The molecule has 0 saturated heterocycles. The summed E-state index contributed by atoms with van der Waals surface area (Å²) < 4.78 is 7.51. The van der Waals surface area contributed by atoms with Crippen molar-refractivity contribution in [1.82, 2.24) is 5.32 Å². The number of methoxy groups -OCH3 is 1. The first-order valence-corrected chi connectivity index (χ1v) is 8.83. The normalized spacial score (nSPS) is 12.2. The van der Waals surface area contributed by atoms with E-state index in [1.54, 1.807) is 7.11 Å². The molecule has 2 nitrogen and oxygen atoms in total. The Morgan fingerprint density at radius 2 is 2.05 bits per heavy atom. The van der Waals surface area contributed by atoms with Gasteiger partial charge in [0, 0.05) is 8.04 Å². The van der Waals surface area contributed by atoms with Crippen LogP contribution in [0.1, 0.15) is 24.1 Å². The first-order valence-electron chi connectivity index (χ1n) is 6.58. The number of rotatable bonds is 5. The molecule has 112 valence electrons. The van der Waals surface area contributed by atoms with Crippen LogP contribution in [-0.2, 0) is 0 Å². The molecule has 2 rings (SSSR count). The predicted molar refractivity (Wildman–Crippen MR) is 100 cm³/mol. The summed E-state index contributed by atoms with van der Waals surface area (Å²) in [6, 6.07) is 12.3. The average molecular weight is 481 g/mol. The van der Waals surface area contributed by atoms with Crippen molar-refractivity contribution in [2.75, 3.05) is 13.7 Å². The van der Waals surface area contributed by atoms with Gasteiger partial charge in [-0.2, -0.15) is 0 Å². The molecule has 0 bridgehead atoms. The molecular weight excluding hydrogens is 464 g/mol. The molecule has 0 heterocycles. The molecule has 0 spiro atoms. The highest BCUT2D eigenvalue weighted by Crippen LogP contribution is 2.33. The average Bonchev–Trinajstić information content (AvgIpc) is 2.47. The van der Waals surface area contributed by atoms with Crippen LogP contribution >= 0.6 is 50.1 Å². The second-order valence-electron chi connectivity index (χ2n) is 4.55. The molecular formula is C16H16BrClINO. The number of halogens is 3. The molecule has 5 heteroatoms.